The summed E-state index contributed by atoms with van der Waals surface area (Å²) in [7, 11) is 0. The number of hydrogen-bond acceptors (Lipinski definition) is 3. The van der Waals surface area contributed by atoms with Crippen molar-refractivity contribution < 1.29 is 4.79 Å². The highest BCUT2D eigenvalue weighted by Crippen LogP contribution is 2.33. The number of benzene rings is 1. The summed E-state index contributed by atoms with van der Waals surface area (Å²) in [6.07, 6.45) is 2.41. The number of anilines is 2. The van der Waals surface area contributed by atoms with Crippen molar-refractivity contribution in [2.75, 3.05) is 36.4 Å². The Morgan fingerprint density at radius 3 is 3.11 bits per heavy atom. The molecule has 1 atom stereocenters. The zero-order chi connectivity index (χ0) is 13.2. The summed E-state index contributed by atoms with van der Waals surface area (Å²) in [6.45, 7) is 3.34. The molecular formula is C14H18BrN3O. The third-order valence-corrected chi connectivity index (χ3v) is 4.31. The van der Waals surface area contributed by atoms with E-state index in [1.54, 1.807) is 0 Å². The molecule has 0 spiro atoms. The van der Waals surface area contributed by atoms with Crippen LogP contribution < -0.4 is 15.5 Å². The smallest absolute Gasteiger partial charge is 0.246 e. The van der Waals surface area contributed by atoms with E-state index >= 15 is 0 Å². The van der Waals surface area contributed by atoms with Crippen molar-refractivity contribution >= 4 is 33.2 Å². The van der Waals surface area contributed by atoms with E-state index < -0.39 is 0 Å². The molecule has 2 aliphatic rings. The monoisotopic (exact) mass is 323 g/mol. The topological polar surface area (TPSA) is 44.4 Å². The Kier molecular flexibility index (Phi) is 3.75. The molecule has 1 fully saturated rings. The third kappa shape index (κ3) is 2.77. The molecule has 0 aromatic heterocycles. The lowest BCUT2D eigenvalue weighted by atomic mass is 9.98. The van der Waals surface area contributed by atoms with Crippen LogP contribution in [0, 0.1) is 5.92 Å². The fourth-order valence-corrected chi connectivity index (χ4v) is 3.19. The van der Waals surface area contributed by atoms with Gasteiger partial charge in [0, 0.05) is 11.0 Å². The van der Waals surface area contributed by atoms with Gasteiger partial charge in [-0.25, -0.2) is 0 Å². The first-order chi connectivity index (χ1) is 9.24. The van der Waals surface area contributed by atoms with Crippen LogP contribution >= 0.6 is 15.9 Å². The van der Waals surface area contributed by atoms with Gasteiger partial charge in [-0.2, -0.15) is 0 Å². The number of nitrogens with zero attached hydrogens (tertiary/aromatic N) is 1. The van der Waals surface area contributed by atoms with E-state index in [4.69, 9.17) is 0 Å². The molecule has 0 saturated carbocycles. The molecule has 0 radical (unpaired) electrons. The van der Waals surface area contributed by atoms with Crippen molar-refractivity contribution in [1.29, 1.82) is 0 Å². The lowest BCUT2D eigenvalue weighted by Crippen LogP contribution is -2.45. The second kappa shape index (κ2) is 5.51. The molecular weight excluding hydrogens is 306 g/mol. The van der Waals surface area contributed by atoms with E-state index in [0.717, 1.165) is 35.5 Å². The van der Waals surface area contributed by atoms with Gasteiger partial charge in [0.15, 0.2) is 0 Å². The Bertz CT molecular complexity index is 486. The molecule has 2 heterocycles. The quantitative estimate of drug-likeness (QED) is 0.877. The average Bonchev–Trinajstić information content (AvgIpc) is 2.43. The van der Waals surface area contributed by atoms with Crippen molar-refractivity contribution in [3.05, 3.63) is 22.7 Å². The van der Waals surface area contributed by atoms with Crippen LogP contribution in [0.2, 0.25) is 0 Å². The summed E-state index contributed by atoms with van der Waals surface area (Å²) < 4.78 is 1.03. The first-order valence-corrected chi connectivity index (χ1v) is 7.58. The summed E-state index contributed by atoms with van der Waals surface area (Å²) in [6, 6.07) is 6.04. The van der Waals surface area contributed by atoms with Crippen molar-refractivity contribution in [3.63, 3.8) is 0 Å². The van der Waals surface area contributed by atoms with E-state index in [2.05, 4.69) is 26.6 Å². The number of rotatable bonds is 2. The predicted molar refractivity (Wildman–Crippen MR) is 80.6 cm³/mol. The van der Waals surface area contributed by atoms with E-state index in [0.29, 0.717) is 12.5 Å². The average molecular weight is 324 g/mol. The maximum Gasteiger partial charge on any atom is 0.246 e. The summed E-state index contributed by atoms with van der Waals surface area (Å²) in [5.41, 5.74) is 2.04. The molecule has 3 rings (SSSR count). The number of carbonyl (C=O) groups excluding carboxylic acids is 1. The highest BCUT2D eigenvalue weighted by Gasteiger charge is 2.27. The van der Waals surface area contributed by atoms with Gasteiger partial charge in [-0.05, 0) is 50.0 Å². The molecule has 5 heteroatoms. The van der Waals surface area contributed by atoms with Gasteiger partial charge in [0.1, 0.15) is 0 Å². The Morgan fingerprint density at radius 2 is 2.32 bits per heavy atom. The van der Waals surface area contributed by atoms with Crippen LogP contribution in [0.15, 0.2) is 22.7 Å². The minimum absolute atomic E-state index is 0.167. The van der Waals surface area contributed by atoms with E-state index in [1.165, 1.54) is 12.8 Å². The van der Waals surface area contributed by atoms with Crippen LogP contribution in [0.25, 0.3) is 0 Å². The number of halogens is 1. The molecule has 1 aromatic carbocycles. The predicted octanol–water partition coefficient (Wildman–Crippen LogP) is 2.21. The SMILES string of the molecule is O=C1CNc2cc(Br)ccc2N1CC1CCCNC1. The zero-order valence-corrected chi connectivity index (χ0v) is 12.4. The van der Waals surface area contributed by atoms with Crippen LogP contribution in [-0.2, 0) is 4.79 Å². The fraction of sp³-hybridized carbons (Fsp3) is 0.500. The van der Waals surface area contributed by atoms with Crippen molar-refractivity contribution in [1.82, 2.24) is 5.32 Å². The normalized spacial score (nSPS) is 22.9. The lowest BCUT2D eigenvalue weighted by Gasteiger charge is -2.34. The van der Waals surface area contributed by atoms with Crippen LogP contribution in [0.4, 0.5) is 11.4 Å². The molecule has 102 valence electrons. The van der Waals surface area contributed by atoms with E-state index in [-0.39, 0.29) is 5.91 Å². The number of amides is 1. The number of carbonyl (C=O) groups is 1. The maximum absolute atomic E-state index is 12.1. The van der Waals surface area contributed by atoms with E-state index in [1.807, 2.05) is 23.1 Å². The molecule has 2 N–H and O–H groups in total. The molecule has 1 aromatic rings. The van der Waals surface area contributed by atoms with Gasteiger partial charge in [0.05, 0.1) is 17.9 Å². The van der Waals surface area contributed by atoms with Gasteiger partial charge in [-0.1, -0.05) is 15.9 Å². The first kappa shape index (κ1) is 12.9. The van der Waals surface area contributed by atoms with E-state index in [9.17, 15) is 4.79 Å². The van der Waals surface area contributed by atoms with Crippen molar-refractivity contribution in [2.45, 2.75) is 12.8 Å². The maximum atomic E-state index is 12.1. The second-order valence-electron chi connectivity index (χ2n) is 5.23. The Balaban J connectivity index is 1.82. The molecule has 19 heavy (non-hydrogen) atoms. The third-order valence-electron chi connectivity index (χ3n) is 3.82. The van der Waals surface area contributed by atoms with Gasteiger partial charge in [0.25, 0.3) is 0 Å². The lowest BCUT2D eigenvalue weighted by molar-refractivity contribution is -0.117. The molecule has 0 aliphatic carbocycles. The van der Waals surface area contributed by atoms with Crippen LogP contribution in [0.3, 0.4) is 0 Å². The minimum Gasteiger partial charge on any atom is -0.374 e. The molecule has 1 amide bonds. The first-order valence-electron chi connectivity index (χ1n) is 6.78. The molecule has 1 unspecified atom stereocenters. The van der Waals surface area contributed by atoms with Crippen molar-refractivity contribution in [2.24, 2.45) is 5.92 Å². The van der Waals surface area contributed by atoms with Gasteiger partial charge >= 0.3 is 0 Å². The summed E-state index contributed by atoms with van der Waals surface area (Å²) in [5, 5.41) is 6.59. The Hall–Kier alpha value is -1.07. The number of hydrogen-bond donors (Lipinski definition) is 2. The van der Waals surface area contributed by atoms with Gasteiger partial charge in [-0.3, -0.25) is 4.79 Å². The van der Waals surface area contributed by atoms with Gasteiger partial charge < -0.3 is 15.5 Å². The second-order valence-corrected chi connectivity index (χ2v) is 6.15. The molecule has 0 bridgehead atoms. The summed E-state index contributed by atoms with van der Waals surface area (Å²) >= 11 is 3.47. The highest BCUT2D eigenvalue weighted by atomic mass is 79.9. The standard InChI is InChI=1S/C14H18BrN3O/c15-11-3-4-13-12(6-11)17-8-14(19)18(13)9-10-2-1-5-16-7-10/h3-4,6,10,16-17H,1-2,5,7-9H2. The van der Waals surface area contributed by atoms with Crippen LogP contribution in [-0.4, -0.2) is 32.1 Å². The highest BCUT2D eigenvalue weighted by molar-refractivity contribution is 9.10. The number of piperidine rings is 1. The largest absolute Gasteiger partial charge is 0.374 e. The minimum atomic E-state index is 0.167. The number of fused-ring (bicyclic) bond motifs is 1. The summed E-state index contributed by atoms with van der Waals surface area (Å²) in [4.78, 5) is 14.1. The van der Waals surface area contributed by atoms with Gasteiger partial charge in [0.2, 0.25) is 5.91 Å². The number of nitrogens with one attached hydrogen (secondary N) is 2. The van der Waals surface area contributed by atoms with Crippen molar-refractivity contribution in [3.8, 4) is 0 Å². The Labute approximate surface area is 121 Å². The summed E-state index contributed by atoms with van der Waals surface area (Å²) in [5.74, 6) is 0.729. The van der Waals surface area contributed by atoms with Crippen LogP contribution in [0.5, 0.6) is 0 Å². The molecule has 2 aliphatic heterocycles. The molecule has 1 saturated heterocycles. The van der Waals surface area contributed by atoms with Gasteiger partial charge in [-0.15, -0.1) is 0 Å². The molecule has 4 nitrogen and oxygen atoms in total. The fourth-order valence-electron chi connectivity index (χ4n) is 2.82. The van der Waals surface area contributed by atoms with Crippen LogP contribution in [0.1, 0.15) is 12.8 Å². The Morgan fingerprint density at radius 1 is 1.42 bits per heavy atom. The zero-order valence-electron chi connectivity index (χ0n) is 10.8.